The van der Waals surface area contributed by atoms with Gasteiger partial charge in [0.15, 0.2) is 0 Å². The molecule has 2 unspecified atom stereocenters. The molecule has 0 heterocycles. The van der Waals surface area contributed by atoms with Crippen LogP contribution in [0.3, 0.4) is 0 Å². The van der Waals surface area contributed by atoms with Gasteiger partial charge in [0.05, 0.1) is 0 Å². The lowest BCUT2D eigenvalue weighted by Crippen LogP contribution is -2.29. The smallest absolute Gasteiger partial charge is 0.139 e. The summed E-state index contributed by atoms with van der Waals surface area (Å²) < 4.78 is 19.4. The van der Waals surface area contributed by atoms with E-state index >= 15 is 0 Å². The molecule has 20 heavy (non-hydrogen) atoms. The van der Waals surface area contributed by atoms with Crippen molar-refractivity contribution in [2.75, 3.05) is 0 Å². The molecule has 0 aliphatic rings. The predicted molar refractivity (Wildman–Crippen MR) is 79.6 cm³/mol. The molecular formula is C16H17ClFNO. The SMILES string of the molecule is Cc1ccc(OC(c2cccc(Cl)c2)C(C)N)cc1F. The van der Waals surface area contributed by atoms with Crippen LogP contribution < -0.4 is 10.5 Å². The van der Waals surface area contributed by atoms with Gasteiger partial charge in [-0.15, -0.1) is 0 Å². The van der Waals surface area contributed by atoms with E-state index in [0.717, 1.165) is 5.56 Å². The highest BCUT2D eigenvalue weighted by molar-refractivity contribution is 6.30. The lowest BCUT2D eigenvalue weighted by Gasteiger charge is -2.23. The fourth-order valence-electron chi connectivity index (χ4n) is 1.96. The Hall–Kier alpha value is -1.58. The Balaban J connectivity index is 2.28. The van der Waals surface area contributed by atoms with Gasteiger partial charge < -0.3 is 10.5 Å². The number of rotatable bonds is 4. The molecule has 0 bridgehead atoms. The van der Waals surface area contributed by atoms with Gasteiger partial charge in [-0.25, -0.2) is 4.39 Å². The molecule has 106 valence electrons. The minimum atomic E-state index is -0.379. The Labute approximate surface area is 123 Å². The summed E-state index contributed by atoms with van der Waals surface area (Å²) in [6.45, 7) is 3.55. The van der Waals surface area contributed by atoms with Gasteiger partial charge in [-0.05, 0) is 43.2 Å². The Bertz CT molecular complexity index is 601. The van der Waals surface area contributed by atoms with Gasteiger partial charge in [0, 0.05) is 17.1 Å². The number of hydrogen-bond acceptors (Lipinski definition) is 2. The van der Waals surface area contributed by atoms with Crippen LogP contribution >= 0.6 is 11.6 Å². The van der Waals surface area contributed by atoms with Crippen molar-refractivity contribution < 1.29 is 9.13 Å². The zero-order valence-corrected chi connectivity index (χ0v) is 12.2. The summed E-state index contributed by atoms with van der Waals surface area (Å²) in [7, 11) is 0. The third-order valence-corrected chi connectivity index (χ3v) is 3.30. The summed E-state index contributed by atoms with van der Waals surface area (Å²) in [5.41, 5.74) is 7.42. The van der Waals surface area contributed by atoms with Crippen molar-refractivity contribution >= 4 is 11.6 Å². The predicted octanol–water partition coefficient (Wildman–Crippen LogP) is 4.25. The summed E-state index contributed by atoms with van der Waals surface area (Å²) in [6.07, 6.45) is -0.379. The Morgan fingerprint density at radius 2 is 1.95 bits per heavy atom. The third kappa shape index (κ3) is 3.50. The van der Waals surface area contributed by atoms with Crippen LogP contribution in [0, 0.1) is 12.7 Å². The normalized spacial score (nSPS) is 13.8. The van der Waals surface area contributed by atoms with Crippen LogP contribution in [0.1, 0.15) is 24.2 Å². The lowest BCUT2D eigenvalue weighted by atomic mass is 10.0. The van der Waals surface area contributed by atoms with Crippen LogP contribution in [0.2, 0.25) is 5.02 Å². The maximum absolute atomic E-state index is 13.6. The molecule has 2 aromatic rings. The molecular weight excluding hydrogens is 277 g/mol. The fourth-order valence-corrected chi connectivity index (χ4v) is 2.15. The topological polar surface area (TPSA) is 35.2 Å². The number of halogens is 2. The highest BCUT2D eigenvalue weighted by Crippen LogP contribution is 2.27. The van der Waals surface area contributed by atoms with Crippen LogP contribution in [0.25, 0.3) is 0 Å². The van der Waals surface area contributed by atoms with Crippen molar-refractivity contribution in [1.29, 1.82) is 0 Å². The molecule has 0 spiro atoms. The molecule has 0 radical (unpaired) electrons. The van der Waals surface area contributed by atoms with E-state index in [9.17, 15) is 4.39 Å². The highest BCUT2D eigenvalue weighted by atomic mass is 35.5. The molecule has 2 aromatic carbocycles. The monoisotopic (exact) mass is 293 g/mol. The molecule has 0 aliphatic heterocycles. The number of hydrogen-bond donors (Lipinski definition) is 1. The van der Waals surface area contributed by atoms with Crippen molar-refractivity contribution in [3.63, 3.8) is 0 Å². The van der Waals surface area contributed by atoms with E-state index in [1.165, 1.54) is 6.07 Å². The summed E-state index contributed by atoms with van der Waals surface area (Å²) >= 11 is 5.99. The quantitative estimate of drug-likeness (QED) is 0.914. The Morgan fingerprint density at radius 1 is 1.20 bits per heavy atom. The average molecular weight is 294 g/mol. The first-order valence-electron chi connectivity index (χ1n) is 6.41. The summed E-state index contributed by atoms with van der Waals surface area (Å²) in [4.78, 5) is 0. The maximum Gasteiger partial charge on any atom is 0.139 e. The molecule has 2 atom stereocenters. The number of ether oxygens (including phenoxy) is 1. The Kier molecular flexibility index (Phi) is 4.63. The second-order valence-corrected chi connectivity index (χ2v) is 5.30. The van der Waals surface area contributed by atoms with Gasteiger partial charge in [-0.1, -0.05) is 29.8 Å². The van der Waals surface area contributed by atoms with Gasteiger partial charge in [0.1, 0.15) is 17.7 Å². The number of benzene rings is 2. The van der Waals surface area contributed by atoms with Crippen molar-refractivity contribution in [2.24, 2.45) is 5.73 Å². The summed E-state index contributed by atoms with van der Waals surface area (Å²) in [5, 5.41) is 0.617. The summed E-state index contributed by atoms with van der Waals surface area (Å²) in [6, 6.07) is 11.9. The molecule has 0 aliphatic carbocycles. The van der Waals surface area contributed by atoms with E-state index in [2.05, 4.69) is 0 Å². The van der Waals surface area contributed by atoms with Gasteiger partial charge in [-0.2, -0.15) is 0 Å². The molecule has 2 nitrogen and oxygen atoms in total. The van der Waals surface area contributed by atoms with Gasteiger partial charge >= 0.3 is 0 Å². The fraction of sp³-hybridized carbons (Fsp3) is 0.250. The van der Waals surface area contributed by atoms with E-state index in [1.807, 2.05) is 19.1 Å². The van der Waals surface area contributed by atoms with E-state index in [0.29, 0.717) is 16.3 Å². The first-order valence-corrected chi connectivity index (χ1v) is 6.79. The zero-order valence-electron chi connectivity index (χ0n) is 11.4. The van der Waals surface area contributed by atoms with Crippen molar-refractivity contribution in [1.82, 2.24) is 0 Å². The van der Waals surface area contributed by atoms with Crippen molar-refractivity contribution in [3.05, 3.63) is 64.4 Å². The first kappa shape index (κ1) is 14.8. The van der Waals surface area contributed by atoms with Crippen LogP contribution in [0.15, 0.2) is 42.5 Å². The highest BCUT2D eigenvalue weighted by Gasteiger charge is 2.19. The van der Waals surface area contributed by atoms with Crippen LogP contribution in [0.4, 0.5) is 4.39 Å². The largest absolute Gasteiger partial charge is 0.484 e. The zero-order chi connectivity index (χ0) is 14.7. The minimum Gasteiger partial charge on any atom is -0.484 e. The summed E-state index contributed by atoms with van der Waals surface area (Å²) in [5.74, 6) is 0.160. The molecule has 2 N–H and O–H groups in total. The van der Waals surface area contributed by atoms with Gasteiger partial charge in [-0.3, -0.25) is 0 Å². The Morgan fingerprint density at radius 3 is 2.55 bits per heavy atom. The van der Waals surface area contributed by atoms with Crippen LogP contribution in [-0.2, 0) is 0 Å². The van der Waals surface area contributed by atoms with Crippen LogP contribution in [-0.4, -0.2) is 6.04 Å². The van der Waals surface area contributed by atoms with Crippen molar-refractivity contribution in [3.8, 4) is 5.75 Å². The molecule has 0 fully saturated rings. The molecule has 0 amide bonds. The van der Waals surface area contributed by atoms with E-state index < -0.39 is 0 Å². The average Bonchev–Trinajstić information content (AvgIpc) is 2.39. The van der Waals surface area contributed by atoms with Gasteiger partial charge in [0.25, 0.3) is 0 Å². The second-order valence-electron chi connectivity index (χ2n) is 4.86. The number of nitrogens with two attached hydrogens (primary N) is 1. The van der Waals surface area contributed by atoms with E-state index in [4.69, 9.17) is 22.1 Å². The lowest BCUT2D eigenvalue weighted by molar-refractivity contribution is 0.179. The van der Waals surface area contributed by atoms with E-state index in [-0.39, 0.29) is 18.0 Å². The minimum absolute atomic E-state index is 0.252. The molecule has 0 aromatic heterocycles. The standard InChI is InChI=1S/C16H17ClFNO/c1-10-6-7-14(9-15(10)18)20-16(11(2)19)12-4-3-5-13(17)8-12/h3-9,11,16H,19H2,1-2H3. The molecule has 4 heteroatoms. The molecule has 0 saturated heterocycles. The number of aryl methyl sites for hydroxylation is 1. The maximum atomic E-state index is 13.6. The van der Waals surface area contributed by atoms with Crippen molar-refractivity contribution in [2.45, 2.75) is 26.0 Å². The van der Waals surface area contributed by atoms with E-state index in [1.54, 1.807) is 31.2 Å². The van der Waals surface area contributed by atoms with Gasteiger partial charge in [0.2, 0.25) is 0 Å². The van der Waals surface area contributed by atoms with Crippen LogP contribution in [0.5, 0.6) is 5.75 Å². The first-order chi connectivity index (χ1) is 9.47. The third-order valence-electron chi connectivity index (χ3n) is 3.06. The molecule has 0 saturated carbocycles. The second kappa shape index (κ2) is 6.25. The molecule has 2 rings (SSSR count).